The van der Waals surface area contributed by atoms with E-state index >= 15 is 0 Å². The number of ether oxygens (including phenoxy) is 1. The Morgan fingerprint density at radius 1 is 0.967 bits per heavy atom. The third-order valence-electron chi connectivity index (χ3n) is 4.41. The second kappa shape index (κ2) is 8.65. The summed E-state index contributed by atoms with van der Waals surface area (Å²) in [5.41, 5.74) is 2.07. The minimum absolute atomic E-state index is 0.0630. The predicted molar refractivity (Wildman–Crippen MR) is 119 cm³/mol. The Morgan fingerprint density at radius 3 is 2.40 bits per heavy atom. The average molecular weight is 438 g/mol. The molecule has 0 radical (unpaired) electrons. The van der Waals surface area contributed by atoms with Crippen molar-refractivity contribution in [3.63, 3.8) is 0 Å². The van der Waals surface area contributed by atoms with Crippen molar-refractivity contribution in [2.75, 3.05) is 4.90 Å². The summed E-state index contributed by atoms with van der Waals surface area (Å²) in [5.74, 6) is 0.250. The number of amides is 2. The molecule has 1 aliphatic rings. The molecular weight excluding hydrogens is 422 g/mol. The lowest BCUT2D eigenvalue weighted by Crippen LogP contribution is -2.27. The van der Waals surface area contributed by atoms with E-state index in [1.165, 1.54) is 24.3 Å². The van der Waals surface area contributed by atoms with Crippen LogP contribution in [0.25, 0.3) is 6.08 Å². The Hall–Kier alpha value is -3.22. The molecule has 2 amide bonds. The summed E-state index contributed by atoms with van der Waals surface area (Å²) < 4.78 is 5.93. The van der Waals surface area contributed by atoms with E-state index < -0.39 is 11.1 Å². The van der Waals surface area contributed by atoms with Gasteiger partial charge in [0.25, 0.3) is 11.1 Å². The molecule has 1 aliphatic heterocycles. The van der Waals surface area contributed by atoms with Crippen molar-refractivity contribution >= 4 is 46.3 Å². The summed E-state index contributed by atoms with van der Waals surface area (Å²) in [6, 6.07) is 20.6. The van der Waals surface area contributed by atoms with Crippen molar-refractivity contribution < 1.29 is 19.4 Å². The molecular formula is C23H16ClNO4S. The van der Waals surface area contributed by atoms with Crippen LogP contribution in [0.5, 0.6) is 11.5 Å². The maximum atomic E-state index is 12.8. The molecule has 0 unspecified atom stereocenters. The molecule has 30 heavy (non-hydrogen) atoms. The van der Waals surface area contributed by atoms with Gasteiger partial charge in [0.2, 0.25) is 0 Å². The SMILES string of the molecule is O=C1S/C(=C\c2ccccc2OCc2ccc(Cl)cc2)C(=O)N1c1ccc(O)cc1. The van der Waals surface area contributed by atoms with Gasteiger partial charge >= 0.3 is 0 Å². The molecule has 0 spiro atoms. The average Bonchev–Trinajstić information content (AvgIpc) is 3.02. The number of carbonyl (C=O) groups is 2. The Labute approximate surface area is 182 Å². The van der Waals surface area contributed by atoms with Crippen molar-refractivity contribution in [2.45, 2.75) is 6.61 Å². The first-order chi connectivity index (χ1) is 14.5. The van der Waals surface area contributed by atoms with Crippen LogP contribution in [0.2, 0.25) is 5.02 Å². The molecule has 1 N–H and O–H groups in total. The molecule has 4 rings (SSSR count). The number of carbonyl (C=O) groups excluding carboxylic acids is 2. The monoisotopic (exact) mass is 437 g/mol. The molecule has 7 heteroatoms. The molecule has 1 fully saturated rings. The zero-order valence-corrected chi connectivity index (χ0v) is 17.2. The number of para-hydroxylation sites is 1. The predicted octanol–water partition coefficient (Wildman–Crippen LogP) is 5.87. The topological polar surface area (TPSA) is 66.8 Å². The van der Waals surface area contributed by atoms with Crippen molar-refractivity contribution in [1.82, 2.24) is 0 Å². The summed E-state index contributed by atoms with van der Waals surface area (Å²) in [4.78, 5) is 26.6. The second-order valence-corrected chi connectivity index (χ2v) is 7.92. The molecule has 0 bridgehead atoms. The number of rotatable bonds is 5. The molecule has 0 aromatic heterocycles. The number of thioether (sulfide) groups is 1. The quantitative estimate of drug-likeness (QED) is 0.506. The molecule has 0 atom stereocenters. The van der Waals surface area contributed by atoms with Crippen molar-refractivity contribution in [1.29, 1.82) is 0 Å². The van der Waals surface area contributed by atoms with Crippen LogP contribution in [0.4, 0.5) is 10.5 Å². The summed E-state index contributed by atoms with van der Waals surface area (Å²) in [5, 5.41) is 9.69. The van der Waals surface area contributed by atoms with E-state index in [-0.39, 0.29) is 5.75 Å². The summed E-state index contributed by atoms with van der Waals surface area (Å²) >= 11 is 6.78. The number of hydrogen-bond donors (Lipinski definition) is 1. The number of hydrogen-bond acceptors (Lipinski definition) is 5. The van der Waals surface area contributed by atoms with Gasteiger partial charge in [-0.25, -0.2) is 4.90 Å². The van der Waals surface area contributed by atoms with Crippen LogP contribution in [-0.4, -0.2) is 16.3 Å². The largest absolute Gasteiger partial charge is 0.508 e. The van der Waals surface area contributed by atoms with Gasteiger partial charge in [-0.3, -0.25) is 9.59 Å². The van der Waals surface area contributed by atoms with Gasteiger partial charge in [0.15, 0.2) is 0 Å². The molecule has 0 aliphatic carbocycles. The van der Waals surface area contributed by atoms with Gasteiger partial charge < -0.3 is 9.84 Å². The first kappa shape index (κ1) is 20.1. The maximum absolute atomic E-state index is 12.8. The Morgan fingerprint density at radius 2 is 1.67 bits per heavy atom. The van der Waals surface area contributed by atoms with E-state index in [1.807, 2.05) is 36.4 Å². The van der Waals surface area contributed by atoms with Crippen molar-refractivity contribution in [2.24, 2.45) is 0 Å². The maximum Gasteiger partial charge on any atom is 0.298 e. The van der Waals surface area contributed by atoms with Gasteiger partial charge in [-0.05, 0) is 65.9 Å². The number of phenols is 1. The van der Waals surface area contributed by atoms with Gasteiger partial charge in [0.1, 0.15) is 18.1 Å². The number of nitrogens with zero attached hydrogens (tertiary/aromatic N) is 1. The first-order valence-electron chi connectivity index (χ1n) is 9.04. The minimum Gasteiger partial charge on any atom is -0.508 e. The zero-order valence-electron chi connectivity index (χ0n) is 15.6. The van der Waals surface area contributed by atoms with Gasteiger partial charge in [0, 0.05) is 10.6 Å². The van der Waals surface area contributed by atoms with Crippen molar-refractivity contribution in [3.8, 4) is 11.5 Å². The van der Waals surface area contributed by atoms with Crippen LogP contribution < -0.4 is 9.64 Å². The number of anilines is 1. The van der Waals surface area contributed by atoms with Crippen LogP contribution in [0.15, 0.2) is 77.7 Å². The molecule has 1 saturated heterocycles. The minimum atomic E-state index is -0.414. The van der Waals surface area contributed by atoms with Gasteiger partial charge in [0.05, 0.1) is 10.6 Å². The third kappa shape index (κ3) is 4.35. The summed E-state index contributed by atoms with van der Waals surface area (Å²) in [6.45, 7) is 0.344. The highest BCUT2D eigenvalue weighted by Crippen LogP contribution is 2.37. The van der Waals surface area contributed by atoms with Crippen LogP contribution in [0.1, 0.15) is 11.1 Å². The highest BCUT2D eigenvalue weighted by Gasteiger charge is 2.36. The van der Waals surface area contributed by atoms with Crippen LogP contribution in [-0.2, 0) is 11.4 Å². The van der Waals surface area contributed by atoms with Crippen LogP contribution in [0.3, 0.4) is 0 Å². The fourth-order valence-corrected chi connectivity index (χ4v) is 3.86. The van der Waals surface area contributed by atoms with Gasteiger partial charge in [-0.1, -0.05) is 41.9 Å². The van der Waals surface area contributed by atoms with E-state index in [1.54, 1.807) is 18.2 Å². The Balaban J connectivity index is 1.56. The highest BCUT2D eigenvalue weighted by atomic mass is 35.5. The Bertz CT molecular complexity index is 1130. The number of phenolic OH excluding ortho intramolecular Hbond substituents is 1. The normalized spacial score (nSPS) is 15.1. The number of benzene rings is 3. The lowest BCUT2D eigenvalue weighted by atomic mass is 10.1. The van der Waals surface area contributed by atoms with Crippen LogP contribution in [0, 0.1) is 0 Å². The molecule has 3 aromatic rings. The lowest BCUT2D eigenvalue weighted by molar-refractivity contribution is -0.113. The molecule has 1 heterocycles. The van der Waals surface area contributed by atoms with Gasteiger partial charge in [-0.2, -0.15) is 0 Å². The van der Waals surface area contributed by atoms with E-state index in [0.29, 0.717) is 33.5 Å². The molecule has 0 saturated carbocycles. The van der Waals surface area contributed by atoms with Gasteiger partial charge in [-0.15, -0.1) is 0 Å². The van der Waals surface area contributed by atoms with E-state index in [0.717, 1.165) is 22.2 Å². The summed E-state index contributed by atoms with van der Waals surface area (Å²) in [7, 11) is 0. The number of imide groups is 1. The smallest absolute Gasteiger partial charge is 0.298 e. The Kier molecular flexibility index (Phi) is 5.79. The van der Waals surface area contributed by atoms with Crippen molar-refractivity contribution in [3.05, 3.63) is 93.9 Å². The fourth-order valence-electron chi connectivity index (χ4n) is 2.91. The number of halogens is 1. The highest BCUT2D eigenvalue weighted by molar-refractivity contribution is 8.19. The summed E-state index contributed by atoms with van der Waals surface area (Å²) in [6.07, 6.45) is 1.66. The van der Waals surface area contributed by atoms with E-state index in [2.05, 4.69) is 0 Å². The third-order valence-corrected chi connectivity index (χ3v) is 5.54. The molecule has 5 nitrogen and oxygen atoms in total. The second-order valence-electron chi connectivity index (χ2n) is 6.49. The molecule has 150 valence electrons. The fraction of sp³-hybridized carbons (Fsp3) is 0.0435. The lowest BCUT2D eigenvalue weighted by Gasteiger charge is -2.12. The van der Waals surface area contributed by atoms with Crippen LogP contribution >= 0.6 is 23.4 Å². The zero-order chi connectivity index (χ0) is 21.1. The standard InChI is InChI=1S/C23H16ClNO4S/c24-17-7-5-15(6-8-17)14-29-20-4-2-1-3-16(20)13-21-22(27)25(23(28)30-21)18-9-11-19(26)12-10-18/h1-13,26H,14H2/b21-13-. The van der Waals surface area contributed by atoms with E-state index in [9.17, 15) is 14.7 Å². The molecule has 3 aromatic carbocycles. The number of aromatic hydroxyl groups is 1. The first-order valence-corrected chi connectivity index (χ1v) is 10.2. The van der Waals surface area contributed by atoms with E-state index in [4.69, 9.17) is 16.3 Å².